The molecule has 0 bridgehead atoms. The Hall–Kier alpha value is -4.24. The first-order valence-corrected chi connectivity index (χ1v) is 14.7. The Morgan fingerprint density at radius 3 is 2.20 bits per heavy atom. The summed E-state index contributed by atoms with van der Waals surface area (Å²) in [6.07, 6.45) is 1.64. The fourth-order valence-corrected chi connectivity index (χ4v) is 5.70. The summed E-state index contributed by atoms with van der Waals surface area (Å²) in [5.41, 5.74) is 12.1. The number of Topliss-reactive ketones (excluding diaryl/α,β-unsaturated/α-hetero) is 1. The van der Waals surface area contributed by atoms with Gasteiger partial charge in [0.15, 0.2) is 5.78 Å². The predicted octanol–water partition coefficient (Wildman–Crippen LogP) is 9.70. The van der Waals surface area contributed by atoms with Crippen LogP contribution >= 0.6 is 0 Å². The normalized spacial score (nSPS) is 12.5. The van der Waals surface area contributed by atoms with E-state index in [0.717, 1.165) is 28.0 Å². The number of aryl methyl sites for hydroxylation is 1. The molecule has 3 nitrogen and oxygen atoms in total. The maximum Gasteiger partial charge on any atom is 0.166 e. The van der Waals surface area contributed by atoms with E-state index in [-0.39, 0.29) is 37.2 Å². The van der Waals surface area contributed by atoms with Crippen molar-refractivity contribution in [1.29, 1.82) is 0 Å². The van der Waals surface area contributed by atoms with Crippen molar-refractivity contribution in [3.8, 4) is 33.6 Å². The number of benzene rings is 4. The van der Waals surface area contributed by atoms with Gasteiger partial charge in [-0.05, 0) is 33.8 Å². The summed E-state index contributed by atoms with van der Waals surface area (Å²) in [6, 6.07) is 41.9. The number of hydrogen-bond acceptors (Lipinski definition) is 3. The van der Waals surface area contributed by atoms with Crippen LogP contribution in [-0.2, 0) is 25.5 Å². The van der Waals surface area contributed by atoms with E-state index in [1.807, 2.05) is 63.2 Å². The molecule has 7 rings (SSSR count). The molecule has 1 radical (unpaired) electrons. The summed E-state index contributed by atoms with van der Waals surface area (Å²) in [5, 5.41) is 1.17. The fourth-order valence-electron chi connectivity index (χ4n) is 5.70. The molecule has 1 aliphatic carbocycles. The molecule has 221 valence electrons. The van der Waals surface area contributed by atoms with E-state index in [4.69, 9.17) is 4.98 Å². The van der Waals surface area contributed by atoms with Gasteiger partial charge in [0.1, 0.15) is 0 Å². The van der Waals surface area contributed by atoms with Gasteiger partial charge in [-0.25, -0.2) is 0 Å². The average molecular weight is 751 g/mol. The Kier molecular flexibility index (Phi) is 9.06. The summed E-state index contributed by atoms with van der Waals surface area (Å²) in [6.45, 7) is 10.4. The molecule has 6 aromatic rings. The number of carbonyl (C=O) groups is 1. The molecule has 0 fully saturated rings. The van der Waals surface area contributed by atoms with E-state index in [1.165, 1.54) is 33.2 Å². The zero-order valence-corrected chi connectivity index (χ0v) is 28.0. The third-order valence-corrected chi connectivity index (χ3v) is 8.21. The molecule has 0 atom stereocenters. The first kappa shape index (κ1) is 31.2. The summed E-state index contributed by atoms with van der Waals surface area (Å²) in [7, 11) is 0. The van der Waals surface area contributed by atoms with Crippen molar-refractivity contribution in [2.75, 3.05) is 0 Å². The van der Waals surface area contributed by atoms with Gasteiger partial charge in [0.05, 0.1) is 5.52 Å². The standard InChI is InChI=1S/C24H18N.C16H16NO.Ir/c1-24(2)20-9-5-4-8-18(20)19-13-11-17(15-21(19)24)23-14-12-16-7-3-6-10-22(16)25-23;1-11(2)16(18)14-8-9-15(17-10-14)13-6-4-12(3)5-7-13;/h3-10,12-15H,1-2H3;4-6,8-11H,1-3H3;/q2*-1;. The Labute approximate surface area is 273 Å². The van der Waals surface area contributed by atoms with Gasteiger partial charge in [0.2, 0.25) is 0 Å². The molecule has 4 heteroatoms. The molecule has 0 spiro atoms. The van der Waals surface area contributed by atoms with E-state index in [0.29, 0.717) is 5.56 Å². The minimum Gasteiger partial charge on any atom is -0.304 e. The van der Waals surface area contributed by atoms with E-state index in [1.54, 1.807) is 6.20 Å². The van der Waals surface area contributed by atoms with Crippen molar-refractivity contribution in [1.82, 2.24) is 9.97 Å². The molecule has 2 heterocycles. The van der Waals surface area contributed by atoms with Crippen LogP contribution in [-0.4, -0.2) is 15.8 Å². The van der Waals surface area contributed by atoms with Crippen LogP contribution in [0.2, 0.25) is 0 Å². The van der Waals surface area contributed by atoms with Crippen LogP contribution in [0.15, 0.2) is 109 Å². The van der Waals surface area contributed by atoms with E-state index < -0.39 is 0 Å². The number of para-hydroxylation sites is 1. The van der Waals surface area contributed by atoms with Gasteiger partial charge in [-0.15, -0.1) is 64.7 Å². The van der Waals surface area contributed by atoms with Crippen molar-refractivity contribution in [2.45, 2.75) is 40.0 Å². The van der Waals surface area contributed by atoms with Crippen LogP contribution in [0.1, 0.15) is 54.7 Å². The average Bonchev–Trinajstić information content (AvgIpc) is 3.27. The molecule has 2 aromatic heterocycles. The van der Waals surface area contributed by atoms with Crippen molar-refractivity contribution in [3.05, 3.63) is 144 Å². The second-order valence-corrected chi connectivity index (χ2v) is 12.0. The van der Waals surface area contributed by atoms with Crippen molar-refractivity contribution < 1.29 is 24.9 Å². The minimum atomic E-state index is 0. The smallest absolute Gasteiger partial charge is 0.166 e. The van der Waals surface area contributed by atoms with Crippen LogP contribution < -0.4 is 0 Å². The van der Waals surface area contributed by atoms with Gasteiger partial charge in [-0.3, -0.25) is 9.78 Å². The Morgan fingerprint density at radius 1 is 0.750 bits per heavy atom. The number of rotatable bonds is 4. The van der Waals surface area contributed by atoms with Gasteiger partial charge in [-0.1, -0.05) is 112 Å². The number of hydrogen-bond donors (Lipinski definition) is 0. The number of carbonyl (C=O) groups excluding carboxylic acids is 1. The topological polar surface area (TPSA) is 42.9 Å². The molecule has 0 saturated heterocycles. The summed E-state index contributed by atoms with van der Waals surface area (Å²) >= 11 is 0. The molecule has 0 N–H and O–H groups in total. The molecular weight excluding hydrogens is 717 g/mol. The van der Waals surface area contributed by atoms with Crippen molar-refractivity contribution >= 4 is 16.7 Å². The Morgan fingerprint density at radius 2 is 1.48 bits per heavy atom. The van der Waals surface area contributed by atoms with Crippen molar-refractivity contribution in [2.24, 2.45) is 5.92 Å². The monoisotopic (exact) mass is 751 g/mol. The molecular formula is C40H34IrN2O-2. The van der Waals surface area contributed by atoms with Crippen LogP contribution in [0, 0.1) is 25.0 Å². The Bertz CT molecular complexity index is 1940. The first-order chi connectivity index (χ1) is 20.7. The third kappa shape index (κ3) is 6.06. The summed E-state index contributed by atoms with van der Waals surface area (Å²) in [4.78, 5) is 21.0. The predicted molar refractivity (Wildman–Crippen MR) is 176 cm³/mol. The van der Waals surface area contributed by atoms with Crippen LogP contribution in [0.25, 0.3) is 44.5 Å². The number of nitrogens with zero attached hydrogens (tertiary/aromatic N) is 2. The summed E-state index contributed by atoms with van der Waals surface area (Å²) in [5.74, 6) is 0.130. The number of ketones is 1. The van der Waals surface area contributed by atoms with Gasteiger partial charge < -0.3 is 4.98 Å². The second-order valence-electron chi connectivity index (χ2n) is 12.0. The maximum atomic E-state index is 11.8. The molecule has 0 aliphatic heterocycles. The minimum absolute atomic E-state index is 0. The van der Waals surface area contributed by atoms with E-state index >= 15 is 0 Å². The summed E-state index contributed by atoms with van der Waals surface area (Å²) < 4.78 is 0. The number of fused-ring (bicyclic) bond motifs is 4. The maximum absolute atomic E-state index is 11.8. The van der Waals surface area contributed by atoms with E-state index in [2.05, 4.69) is 91.6 Å². The zero-order chi connectivity index (χ0) is 30.1. The van der Waals surface area contributed by atoms with Gasteiger partial charge in [-0.2, -0.15) is 0 Å². The number of aromatic nitrogens is 2. The molecule has 0 unspecified atom stereocenters. The second kappa shape index (κ2) is 12.8. The van der Waals surface area contributed by atoms with Crippen LogP contribution in [0.4, 0.5) is 0 Å². The number of pyridine rings is 2. The van der Waals surface area contributed by atoms with Crippen molar-refractivity contribution in [3.63, 3.8) is 0 Å². The third-order valence-electron chi connectivity index (χ3n) is 8.21. The molecule has 44 heavy (non-hydrogen) atoms. The van der Waals surface area contributed by atoms with Gasteiger partial charge in [0, 0.05) is 37.8 Å². The molecule has 4 aromatic carbocycles. The van der Waals surface area contributed by atoms with Gasteiger partial charge >= 0.3 is 0 Å². The van der Waals surface area contributed by atoms with Crippen LogP contribution in [0.3, 0.4) is 0 Å². The molecule has 0 saturated carbocycles. The Balaban J connectivity index is 0.000000181. The molecule has 1 aliphatic rings. The molecule has 0 amide bonds. The zero-order valence-electron chi connectivity index (χ0n) is 25.6. The quantitative estimate of drug-likeness (QED) is 0.133. The first-order valence-electron chi connectivity index (χ1n) is 14.7. The fraction of sp³-hybridized carbons (Fsp3) is 0.175. The largest absolute Gasteiger partial charge is 0.304 e. The van der Waals surface area contributed by atoms with E-state index in [9.17, 15) is 4.79 Å². The SMILES string of the molecule is CC1(C)c2ccccc2-c2c[c-]c(-c3ccc4ccccc4n3)cc21.Cc1c[c-]c(-c2ccc(C(=O)C(C)C)cn2)cc1.[Ir]. The van der Waals surface area contributed by atoms with Crippen LogP contribution in [0.5, 0.6) is 0 Å². The van der Waals surface area contributed by atoms with Gasteiger partial charge in [0.25, 0.3) is 0 Å².